The number of carboxylic acid groups (broad SMARTS) is 1. The molecular formula is C13H14FNO6S. The number of benzene rings is 1. The molecule has 22 heavy (non-hydrogen) atoms. The standard InChI is InChI=1S/C13H14FNO6S/c1-21-13(18)9-5-4-8(7-10(9)14)22(19,20)15-6-2-3-11(15)12(16)17/h4-5,7,11H,2-3,6H2,1H3,(H,16,17)/t11-/m1/s1. The van der Waals surface area contributed by atoms with Crippen LogP contribution in [0.25, 0.3) is 0 Å². The molecular weight excluding hydrogens is 317 g/mol. The van der Waals surface area contributed by atoms with E-state index in [-0.39, 0.29) is 13.0 Å². The van der Waals surface area contributed by atoms with Crippen molar-refractivity contribution < 1.29 is 32.2 Å². The van der Waals surface area contributed by atoms with E-state index in [9.17, 15) is 22.4 Å². The Labute approximate surface area is 126 Å². The van der Waals surface area contributed by atoms with Gasteiger partial charge in [-0.15, -0.1) is 0 Å². The number of carbonyl (C=O) groups excluding carboxylic acids is 1. The second-order valence-corrected chi connectivity index (χ2v) is 6.64. The summed E-state index contributed by atoms with van der Waals surface area (Å²) in [6, 6.07) is 1.59. The van der Waals surface area contributed by atoms with Gasteiger partial charge < -0.3 is 9.84 Å². The third-order valence-corrected chi connectivity index (χ3v) is 5.35. The predicted molar refractivity (Wildman–Crippen MR) is 72.3 cm³/mol. The van der Waals surface area contributed by atoms with Gasteiger partial charge in [-0.05, 0) is 31.0 Å². The van der Waals surface area contributed by atoms with Gasteiger partial charge in [0.15, 0.2) is 0 Å². The van der Waals surface area contributed by atoms with E-state index in [1.807, 2.05) is 0 Å². The average Bonchev–Trinajstić information content (AvgIpc) is 2.96. The van der Waals surface area contributed by atoms with Crippen LogP contribution >= 0.6 is 0 Å². The lowest BCUT2D eigenvalue weighted by molar-refractivity contribution is -0.140. The monoisotopic (exact) mass is 331 g/mol. The van der Waals surface area contributed by atoms with E-state index in [4.69, 9.17) is 5.11 Å². The van der Waals surface area contributed by atoms with Crippen LogP contribution in [-0.2, 0) is 19.6 Å². The van der Waals surface area contributed by atoms with Crippen molar-refractivity contribution in [1.82, 2.24) is 4.31 Å². The predicted octanol–water partition coefficient (Wildman–Crippen LogP) is 0.850. The summed E-state index contributed by atoms with van der Waals surface area (Å²) in [4.78, 5) is 22.0. The molecule has 1 heterocycles. The van der Waals surface area contributed by atoms with E-state index in [1.165, 1.54) is 0 Å². The molecule has 1 fully saturated rings. The van der Waals surface area contributed by atoms with Crippen molar-refractivity contribution in [2.75, 3.05) is 13.7 Å². The van der Waals surface area contributed by atoms with Crippen LogP contribution in [-0.4, -0.2) is 49.5 Å². The van der Waals surface area contributed by atoms with Crippen LogP contribution in [0.2, 0.25) is 0 Å². The Bertz CT molecular complexity index is 717. The van der Waals surface area contributed by atoms with Gasteiger partial charge in [-0.3, -0.25) is 4.79 Å². The van der Waals surface area contributed by atoms with Crippen molar-refractivity contribution >= 4 is 22.0 Å². The van der Waals surface area contributed by atoms with Crippen molar-refractivity contribution in [2.45, 2.75) is 23.8 Å². The van der Waals surface area contributed by atoms with Gasteiger partial charge in [0.1, 0.15) is 11.9 Å². The van der Waals surface area contributed by atoms with E-state index in [1.54, 1.807) is 0 Å². The molecule has 0 spiro atoms. The summed E-state index contributed by atoms with van der Waals surface area (Å²) in [6.45, 7) is 0.0552. The van der Waals surface area contributed by atoms with Crippen LogP contribution in [0.15, 0.2) is 23.1 Å². The highest BCUT2D eigenvalue weighted by Crippen LogP contribution is 2.27. The number of hydrogen-bond donors (Lipinski definition) is 1. The van der Waals surface area contributed by atoms with Crippen LogP contribution in [0.4, 0.5) is 4.39 Å². The third-order valence-electron chi connectivity index (χ3n) is 3.44. The third kappa shape index (κ3) is 2.81. The minimum atomic E-state index is -4.14. The van der Waals surface area contributed by atoms with E-state index in [0.717, 1.165) is 23.5 Å². The van der Waals surface area contributed by atoms with Gasteiger partial charge in [-0.25, -0.2) is 17.6 Å². The molecule has 1 aliphatic rings. The quantitative estimate of drug-likeness (QED) is 0.821. The van der Waals surface area contributed by atoms with Crippen LogP contribution in [0.3, 0.4) is 0 Å². The molecule has 9 heteroatoms. The summed E-state index contributed by atoms with van der Waals surface area (Å²) < 4.78 is 43.9. The van der Waals surface area contributed by atoms with Crippen LogP contribution in [0, 0.1) is 5.82 Å². The Kier molecular flexibility index (Phi) is 4.47. The number of ether oxygens (including phenoxy) is 1. The molecule has 0 amide bonds. The highest BCUT2D eigenvalue weighted by atomic mass is 32.2. The van der Waals surface area contributed by atoms with Gasteiger partial charge in [0.2, 0.25) is 10.0 Å². The minimum absolute atomic E-state index is 0.0552. The molecule has 0 radical (unpaired) electrons. The summed E-state index contributed by atoms with van der Waals surface area (Å²) in [7, 11) is -3.07. The molecule has 1 aromatic carbocycles. The van der Waals surface area contributed by atoms with Crippen molar-refractivity contribution in [3.8, 4) is 0 Å². The summed E-state index contributed by atoms with van der Waals surface area (Å²) >= 11 is 0. The molecule has 7 nitrogen and oxygen atoms in total. The van der Waals surface area contributed by atoms with E-state index in [0.29, 0.717) is 12.5 Å². The molecule has 0 saturated carbocycles. The van der Waals surface area contributed by atoms with Gasteiger partial charge >= 0.3 is 11.9 Å². The number of nitrogens with zero attached hydrogens (tertiary/aromatic N) is 1. The number of hydrogen-bond acceptors (Lipinski definition) is 5. The summed E-state index contributed by atoms with van der Waals surface area (Å²) in [6.07, 6.45) is 0.621. The number of aliphatic carboxylic acids is 1. The van der Waals surface area contributed by atoms with E-state index < -0.39 is 44.3 Å². The highest BCUT2D eigenvalue weighted by Gasteiger charge is 2.39. The highest BCUT2D eigenvalue weighted by molar-refractivity contribution is 7.89. The molecule has 1 atom stereocenters. The lowest BCUT2D eigenvalue weighted by atomic mass is 10.2. The SMILES string of the molecule is COC(=O)c1ccc(S(=O)(=O)N2CCC[C@@H]2C(=O)O)cc1F. The zero-order valence-electron chi connectivity index (χ0n) is 11.7. The van der Waals surface area contributed by atoms with Gasteiger partial charge in [-0.1, -0.05) is 0 Å². The van der Waals surface area contributed by atoms with Gasteiger partial charge in [-0.2, -0.15) is 4.31 Å². The maximum Gasteiger partial charge on any atom is 0.340 e. The number of esters is 1. The number of halogens is 1. The molecule has 0 unspecified atom stereocenters. The fourth-order valence-corrected chi connectivity index (χ4v) is 4.01. The Balaban J connectivity index is 2.40. The normalized spacial score (nSPS) is 19.1. The molecule has 0 aromatic heterocycles. The van der Waals surface area contributed by atoms with Crippen molar-refractivity contribution in [3.63, 3.8) is 0 Å². The molecule has 1 saturated heterocycles. The second kappa shape index (κ2) is 6.01. The summed E-state index contributed by atoms with van der Waals surface area (Å²) in [5, 5.41) is 9.06. The Morgan fingerprint density at radius 1 is 1.41 bits per heavy atom. The van der Waals surface area contributed by atoms with Crippen LogP contribution < -0.4 is 0 Å². The smallest absolute Gasteiger partial charge is 0.340 e. The minimum Gasteiger partial charge on any atom is -0.480 e. The van der Waals surface area contributed by atoms with Gasteiger partial charge in [0, 0.05) is 6.54 Å². The lowest BCUT2D eigenvalue weighted by Crippen LogP contribution is -2.40. The first-order valence-corrected chi connectivity index (χ1v) is 7.85. The van der Waals surface area contributed by atoms with Crippen LogP contribution in [0.1, 0.15) is 23.2 Å². The van der Waals surface area contributed by atoms with E-state index >= 15 is 0 Å². The lowest BCUT2D eigenvalue weighted by Gasteiger charge is -2.21. The number of rotatable bonds is 4. The zero-order valence-corrected chi connectivity index (χ0v) is 12.5. The average molecular weight is 331 g/mol. The molecule has 1 N–H and O–H groups in total. The molecule has 120 valence electrons. The van der Waals surface area contributed by atoms with Crippen molar-refractivity contribution in [3.05, 3.63) is 29.6 Å². The first-order valence-electron chi connectivity index (χ1n) is 6.41. The maximum atomic E-state index is 13.9. The summed E-state index contributed by atoms with van der Waals surface area (Å²) in [5.74, 6) is -3.21. The Morgan fingerprint density at radius 3 is 2.64 bits per heavy atom. The first-order chi connectivity index (χ1) is 10.3. The number of methoxy groups -OCH3 is 1. The van der Waals surface area contributed by atoms with Gasteiger partial charge in [0.05, 0.1) is 17.6 Å². The number of carboxylic acids is 1. The Hall–Kier alpha value is -2.00. The van der Waals surface area contributed by atoms with E-state index in [2.05, 4.69) is 4.74 Å². The topological polar surface area (TPSA) is 101 Å². The fourth-order valence-electron chi connectivity index (χ4n) is 2.34. The number of carbonyl (C=O) groups is 2. The molecule has 0 bridgehead atoms. The number of sulfonamides is 1. The largest absolute Gasteiger partial charge is 0.480 e. The summed E-state index contributed by atoms with van der Waals surface area (Å²) in [5.41, 5.74) is -0.391. The second-order valence-electron chi connectivity index (χ2n) is 4.75. The molecule has 1 aromatic rings. The van der Waals surface area contributed by atoms with Crippen LogP contribution in [0.5, 0.6) is 0 Å². The van der Waals surface area contributed by atoms with Gasteiger partial charge in [0.25, 0.3) is 0 Å². The molecule has 1 aliphatic heterocycles. The molecule has 2 rings (SSSR count). The maximum absolute atomic E-state index is 13.9. The molecule has 0 aliphatic carbocycles. The first kappa shape index (κ1) is 16.4. The zero-order chi connectivity index (χ0) is 16.5. The van der Waals surface area contributed by atoms with Crippen molar-refractivity contribution in [2.24, 2.45) is 0 Å². The fraction of sp³-hybridized carbons (Fsp3) is 0.385. The van der Waals surface area contributed by atoms with Crippen molar-refractivity contribution in [1.29, 1.82) is 0 Å². The Morgan fingerprint density at radius 2 is 2.09 bits per heavy atom.